The summed E-state index contributed by atoms with van der Waals surface area (Å²) >= 11 is 5.98. The van der Waals surface area contributed by atoms with E-state index in [1.54, 1.807) is 13.2 Å². The van der Waals surface area contributed by atoms with Crippen molar-refractivity contribution in [3.63, 3.8) is 0 Å². The van der Waals surface area contributed by atoms with Crippen LogP contribution in [-0.4, -0.2) is 28.0 Å². The minimum absolute atomic E-state index is 0.173. The number of imidazole rings is 1. The van der Waals surface area contributed by atoms with E-state index < -0.39 is 0 Å². The summed E-state index contributed by atoms with van der Waals surface area (Å²) in [5, 5.41) is 3.10. The average Bonchev–Trinajstić information content (AvgIpc) is 3.24. The van der Waals surface area contributed by atoms with Crippen molar-refractivity contribution in [2.75, 3.05) is 12.4 Å². The monoisotopic (exact) mass is 344 g/mol. The standard InChI is InChI=1S/C17H17ClN4O2/c1-3-11-15(18)22-16(20-11)17(23)21-13-7-6-10(9-14(13)24-2)12-5-4-8-19-12/h4-9,19H,3H2,1-2H3,(H,20,22)(H,21,23). The largest absolute Gasteiger partial charge is 0.495 e. The third-order valence-corrected chi connectivity index (χ3v) is 3.97. The Morgan fingerprint density at radius 1 is 1.38 bits per heavy atom. The highest BCUT2D eigenvalue weighted by atomic mass is 35.5. The summed E-state index contributed by atoms with van der Waals surface area (Å²) in [5.41, 5.74) is 3.22. The molecular formula is C17H17ClN4O2. The van der Waals surface area contributed by atoms with E-state index in [4.69, 9.17) is 16.3 Å². The van der Waals surface area contributed by atoms with Crippen LogP contribution in [0.5, 0.6) is 5.75 Å². The van der Waals surface area contributed by atoms with Gasteiger partial charge in [-0.05, 0) is 30.7 Å². The van der Waals surface area contributed by atoms with E-state index in [2.05, 4.69) is 20.3 Å². The fourth-order valence-electron chi connectivity index (χ4n) is 2.38. The Morgan fingerprint density at radius 2 is 2.21 bits per heavy atom. The summed E-state index contributed by atoms with van der Waals surface area (Å²) in [6.07, 6.45) is 2.52. The van der Waals surface area contributed by atoms with Crippen LogP contribution in [0.25, 0.3) is 11.3 Å². The van der Waals surface area contributed by atoms with Gasteiger partial charge >= 0.3 is 0 Å². The summed E-state index contributed by atoms with van der Waals surface area (Å²) in [7, 11) is 1.56. The molecule has 0 aliphatic heterocycles. The molecule has 0 fully saturated rings. The van der Waals surface area contributed by atoms with Gasteiger partial charge in [0.15, 0.2) is 11.0 Å². The number of anilines is 1. The van der Waals surface area contributed by atoms with Crippen LogP contribution in [0, 0.1) is 0 Å². The molecule has 0 spiro atoms. The van der Waals surface area contributed by atoms with E-state index in [0.717, 1.165) is 17.0 Å². The van der Waals surface area contributed by atoms with Gasteiger partial charge in [0.1, 0.15) is 5.75 Å². The normalized spacial score (nSPS) is 10.6. The lowest BCUT2D eigenvalue weighted by Crippen LogP contribution is -2.14. The number of nitrogens with zero attached hydrogens (tertiary/aromatic N) is 1. The second kappa shape index (κ2) is 6.80. The molecule has 1 aromatic carbocycles. The third-order valence-electron chi connectivity index (χ3n) is 3.66. The SMILES string of the molecule is CCc1[nH]c(C(=O)Nc2ccc(-c3ccc[nH]3)cc2OC)nc1Cl. The van der Waals surface area contributed by atoms with Gasteiger partial charge in [-0.2, -0.15) is 0 Å². The third kappa shape index (κ3) is 3.14. The predicted octanol–water partition coefficient (Wildman–Crippen LogP) is 3.88. The van der Waals surface area contributed by atoms with E-state index >= 15 is 0 Å². The highest BCUT2D eigenvalue weighted by molar-refractivity contribution is 6.30. The molecule has 1 amide bonds. The fourth-order valence-corrected chi connectivity index (χ4v) is 2.65. The molecule has 6 nitrogen and oxygen atoms in total. The minimum atomic E-state index is -0.373. The molecule has 24 heavy (non-hydrogen) atoms. The van der Waals surface area contributed by atoms with Crippen molar-refractivity contribution in [2.24, 2.45) is 0 Å². The molecular weight excluding hydrogens is 328 g/mol. The number of hydrogen-bond donors (Lipinski definition) is 3. The molecule has 0 bridgehead atoms. The number of methoxy groups -OCH3 is 1. The maximum absolute atomic E-state index is 12.4. The van der Waals surface area contributed by atoms with E-state index in [1.807, 2.05) is 37.4 Å². The molecule has 0 saturated heterocycles. The van der Waals surface area contributed by atoms with Crippen LogP contribution < -0.4 is 10.1 Å². The molecule has 7 heteroatoms. The van der Waals surface area contributed by atoms with Crippen molar-refractivity contribution >= 4 is 23.2 Å². The molecule has 0 radical (unpaired) electrons. The molecule has 0 saturated carbocycles. The van der Waals surface area contributed by atoms with Crippen LogP contribution >= 0.6 is 11.6 Å². The van der Waals surface area contributed by atoms with Crippen molar-refractivity contribution < 1.29 is 9.53 Å². The first-order valence-corrected chi connectivity index (χ1v) is 7.87. The summed E-state index contributed by atoms with van der Waals surface area (Å²) in [4.78, 5) is 22.5. The lowest BCUT2D eigenvalue weighted by atomic mass is 10.1. The van der Waals surface area contributed by atoms with Gasteiger partial charge in [-0.3, -0.25) is 4.79 Å². The fraction of sp³-hybridized carbons (Fsp3) is 0.176. The van der Waals surface area contributed by atoms with E-state index in [0.29, 0.717) is 23.0 Å². The van der Waals surface area contributed by atoms with Crippen molar-refractivity contribution in [1.29, 1.82) is 0 Å². The van der Waals surface area contributed by atoms with Crippen molar-refractivity contribution in [2.45, 2.75) is 13.3 Å². The van der Waals surface area contributed by atoms with Crippen LogP contribution in [0.3, 0.4) is 0 Å². The number of H-pyrrole nitrogens is 2. The predicted molar refractivity (Wildman–Crippen MR) is 93.7 cm³/mol. The van der Waals surface area contributed by atoms with Crippen molar-refractivity contribution in [1.82, 2.24) is 15.0 Å². The minimum Gasteiger partial charge on any atom is -0.495 e. The van der Waals surface area contributed by atoms with Gasteiger partial charge in [-0.25, -0.2) is 4.98 Å². The van der Waals surface area contributed by atoms with Crippen molar-refractivity contribution in [3.05, 3.63) is 53.2 Å². The lowest BCUT2D eigenvalue weighted by Gasteiger charge is -2.11. The molecule has 0 unspecified atom stereocenters. The smallest absolute Gasteiger partial charge is 0.291 e. The first-order valence-electron chi connectivity index (χ1n) is 7.50. The Labute approximate surface area is 144 Å². The summed E-state index contributed by atoms with van der Waals surface area (Å²) in [5.74, 6) is 0.360. The molecule has 124 valence electrons. The maximum atomic E-state index is 12.4. The number of hydrogen-bond acceptors (Lipinski definition) is 3. The topological polar surface area (TPSA) is 82.8 Å². The molecule has 2 heterocycles. The maximum Gasteiger partial charge on any atom is 0.291 e. The van der Waals surface area contributed by atoms with E-state index in [9.17, 15) is 4.79 Å². The number of carbonyl (C=O) groups excluding carboxylic acids is 1. The number of carbonyl (C=O) groups is 1. The number of halogens is 1. The quantitative estimate of drug-likeness (QED) is 0.656. The molecule has 3 N–H and O–H groups in total. The average molecular weight is 345 g/mol. The molecule has 2 aromatic heterocycles. The van der Waals surface area contributed by atoms with Gasteiger partial charge in [0, 0.05) is 17.5 Å². The van der Waals surface area contributed by atoms with Gasteiger partial charge in [0.2, 0.25) is 0 Å². The first kappa shape index (κ1) is 16.1. The second-order valence-corrected chi connectivity index (χ2v) is 5.52. The van der Waals surface area contributed by atoms with Gasteiger partial charge in [-0.1, -0.05) is 24.6 Å². The Bertz CT molecular complexity index is 856. The number of ether oxygens (including phenoxy) is 1. The molecule has 3 rings (SSSR count). The number of benzene rings is 1. The number of aromatic nitrogens is 3. The molecule has 0 aliphatic rings. The first-order chi connectivity index (χ1) is 11.6. The summed E-state index contributed by atoms with van der Waals surface area (Å²) in [6.45, 7) is 1.93. The number of rotatable bonds is 5. The molecule has 0 aliphatic carbocycles. The number of amides is 1. The molecule has 3 aromatic rings. The van der Waals surface area contributed by atoms with E-state index in [1.165, 1.54) is 0 Å². The lowest BCUT2D eigenvalue weighted by molar-refractivity contribution is 0.101. The Hall–Kier alpha value is -2.73. The van der Waals surface area contributed by atoms with Crippen LogP contribution in [0.2, 0.25) is 5.15 Å². The Morgan fingerprint density at radius 3 is 2.83 bits per heavy atom. The Balaban J connectivity index is 1.85. The van der Waals surface area contributed by atoms with Crippen molar-refractivity contribution in [3.8, 4) is 17.0 Å². The Kier molecular flexibility index (Phi) is 4.57. The zero-order chi connectivity index (χ0) is 17.1. The number of aryl methyl sites for hydroxylation is 1. The second-order valence-electron chi connectivity index (χ2n) is 5.16. The van der Waals surface area contributed by atoms with Crippen LogP contribution in [-0.2, 0) is 6.42 Å². The van der Waals surface area contributed by atoms with Crippen LogP contribution in [0.15, 0.2) is 36.5 Å². The van der Waals surface area contributed by atoms with Crippen LogP contribution in [0.4, 0.5) is 5.69 Å². The van der Waals surface area contributed by atoms with Gasteiger partial charge in [0.05, 0.1) is 18.5 Å². The highest BCUT2D eigenvalue weighted by Crippen LogP contribution is 2.30. The van der Waals surface area contributed by atoms with Crippen LogP contribution in [0.1, 0.15) is 23.2 Å². The van der Waals surface area contributed by atoms with Gasteiger partial charge in [0.25, 0.3) is 5.91 Å². The van der Waals surface area contributed by atoms with Gasteiger partial charge < -0.3 is 20.0 Å². The number of aromatic amines is 2. The zero-order valence-corrected chi connectivity index (χ0v) is 14.1. The summed E-state index contributed by atoms with van der Waals surface area (Å²) in [6, 6.07) is 9.43. The van der Waals surface area contributed by atoms with E-state index in [-0.39, 0.29) is 11.7 Å². The number of nitrogens with one attached hydrogen (secondary N) is 3. The van der Waals surface area contributed by atoms with Gasteiger partial charge in [-0.15, -0.1) is 0 Å². The summed E-state index contributed by atoms with van der Waals surface area (Å²) < 4.78 is 5.39. The molecule has 0 atom stereocenters. The zero-order valence-electron chi connectivity index (χ0n) is 13.3. The highest BCUT2D eigenvalue weighted by Gasteiger charge is 2.16.